The molecule has 2 aliphatic heterocycles. The third-order valence-electron chi connectivity index (χ3n) is 4.48. The molecule has 0 aliphatic carbocycles. The van der Waals surface area contributed by atoms with Crippen molar-refractivity contribution in [3.63, 3.8) is 0 Å². The second-order valence-electron chi connectivity index (χ2n) is 5.72. The number of hydrogen-bond donors (Lipinski definition) is 2. The summed E-state index contributed by atoms with van der Waals surface area (Å²) in [6.45, 7) is 1.21. The Bertz CT molecular complexity index is 437. The predicted octanol–water partition coefficient (Wildman–Crippen LogP) is 0.394. The van der Waals surface area contributed by atoms with Crippen LogP contribution >= 0.6 is 0 Å². The van der Waals surface area contributed by atoms with Gasteiger partial charge in [0.05, 0.1) is 0 Å². The Hall–Kier alpha value is -0.660. The van der Waals surface area contributed by atoms with Crippen molar-refractivity contribution in [2.45, 2.75) is 62.4 Å². The maximum absolute atomic E-state index is 11.9. The van der Waals surface area contributed by atoms with Crippen LogP contribution in [-0.4, -0.2) is 54.8 Å². The van der Waals surface area contributed by atoms with Crippen LogP contribution in [0.5, 0.6) is 0 Å². The van der Waals surface area contributed by atoms with E-state index in [0.717, 1.165) is 25.7 Å². The van der Waals surface area contributed by atoms with Crippen LogP contribution in [0.2, 0.25) is 0 Å². The lowest BCUT2D eigenvalue weighted by atomic mass is 9.83. The second-order valence-corrected chi connectivity index (χ2v) is 7.75. The van der Waals surface area contributed by atoms with Gasteiger partial charge in [0.25, 0.3) is 0 Å². The van der Waals surface area contributed by atoms with Gasteiger partial charge in [0, 0.05) is 18.1 Å². The Kier molecular flexibility index (Phi) is 4.17. The molecule has 2 bridgehead atoms. The zero-order chi connectivity index (χ0) is 14.2. The molecule has 2 saturated heterocycles. The van der Waals surface area contributed by atoms with E-state index >= 15 is 0 Å². The largest absolute Gasteiger partial charge is 0.480 e. The van der Waals surface area contributed by atoms with E-state index < -0.39 is 21.2 Å². The van der Waals surface area contributed by atoms with Gasteiger partial charge in [0.15, 0.2) is 5.25 Å². The van der Waals surface area contributed by atoms with Gasteiger partial charge >= 0.3 is 5.97 Å². The molecule has 19 heavy (non-hydrogen) atoms. The fraction of sp³-hybridized carbons (Fsp3) is 0.917. The Morgan fingerprint density at radius 2 is 1.84 bits per heavy atom. The molecule has 0 aromatic carbocycles. The monoisotopic (exact) mass is 290 g/mol. The summed E-state index contributed by atoms with van der Waals surface area (Å²) in [5.74, 6) is -1.30. The molecule has 0 amide bonds. The van der Waals surface area contributed by atoms with E-state index in [1.54, 1.807) is 0 Å². The van der Waals surface area contributed by atoms with Gasteiger partial charge in [-0.3, -0.25) is 4.79 Å². The molecule has 2 fully saturated rings. The van der Waals surface area contributed by atoms with Crippen LogP contribution < -0.4 is 4.72 Å². The summed E-state index contributed by atoms with van der Waals surface area (Å²) in [7, 11) is -1.68. The summed E-state index contributed by atoms with van der Waals surface area (Å²) in [5.41, 5.74) is 0. The summed E-state index contributed by atoms with van der Waals surface area (Å²) < 4.78 is 26.5. The minimum Gasteiger partial charge on any atom is -0.480 e. The van der Waals surface area contributed by atoms with Gasteiger partial charge < -0.3 is 10.0 Å². The summed E-state index contributed by atoms with van der Waals surface area (Å²) in [6.07, 6.45) is 4.95. The van der Waals surface area contributed by atoms with Crippen molar-refractivity contribution >= 4 is 16.0 Å². The number of aliphatic carboxylic acids is 1. The molecule has 3 unspecified atom stereocenters. The smallest absolute Gasteiger partial charge is 0.323 e. The molecule has 2 heterocycles. The van der Waals surface area contributed by atoms with Crippen molar-refractivity contribution in [2.75, 3.05) is 7.05 Å². The molecule has 0 aromatic heterocycles. The first kappa shape index (κ1) is 14.7. The van der Waals surface area contributed by atoms with Gasteiger partial charge in [-0.25, -0.2) is 13.1 Å². The first-order chi connectivity index (χ1) is 8.81. The zero-order valence-corrected chi connectivity index (χ0v) is 12.2. The number of carboxylic acid groups (broad SMARTS) is 1. The highest BCUT2D eigenvalue weighted by Gasteiger charge is 2.39. The standard InChI is InChI=1S/C12H22N2O4S/c1-8(12(15)16)19(17,18)13-9-6-10-4-3-5-11(7-9)14(10)2/h8-11,13H,3-7H2,1-2H3,(H,15,16). The quantitative estimate of drug-likeness (QED) is 0.782. The first-order valence-electron chi connectivity index (χ1n) is 6.77. The normalized spacial score (nSPS) is 33.9. The first-order valence-corrected chi connectivity index (χ1v) is 8.32. The third kappa shape index (κ3) is 3.09. The Morgan fingerprint density at radius 1 is 1.32 bits per heavy atom. The van der Waals surface area contributed by atoms with Crippen LogP contribution in [0.1, 0.15) is 39.0 Å². The Labute approximate surface area is 114 Å². The number of carboxylic acids is 1. The summed E-state index contributed by atoms with van der Waals surface area (Å²) in [4.78, 5) is 13.2. The fourth-order valence-corrected chi connectivity index (χ4v) is 4.31. The number of carbonyl (C=O) groups is 1. The molecule has 2 N–H and O–H groups in total. The van der Waals surface area contributed by atoms with Crippen molar-refractivity contribution < 1.29 is 18.3 Å². The maximum Gasteiger partial charge on any atom is 0.323 e. The Morgan fingerprint density at radius 3 is 2.32 bits per heavy atom. The summed E-state index contributed by atoms with van der Waals surface area (Å²) in [6, 6.07) is 0.707. The molecule has 0 radical (unpaired) electrons. The highest BCUT2D eigenvalue weighted by Crippen LogP contribution is 2.32. The van der Waals surface area contributed by atoms with E-state index in [1.165, 1.54) is 13.3 Å². The molecule has 7 heteroatoms. The number of piperidine rings is 2. The average Bonchev–Trinajstić information content (AvgIpc) is 2.29. The van der Waals surface area contributed by atoms with E-state index in [2.05, 4.69) is 16.7 Å². The lowest BCUT2D eigenvalue weighted by Crippen LogP contribution is -2.56. The molecule has 0 saturated carbocycles. The molecule has 0 aromatic rings. The highest BCUT2D eigenvalue weighted by molar-refractivity contribution is 7.90. The number of fused-ring (bicyclic) bond motifs is 2. The van der Waals surface area contributed by atoms with Crippen LogP contribution in [0.3, 0.4) is 0 Å². The molecule has 0 spiro atoms. The lowest BCUT2D eigenvalue weighted by Gasteiger charge is -2.47. The van der Waals surface area contributed by atoms with Crippen molar-refractivity contribution in [2.24, 2.45) is 0 Å². The molecular weight excluding hydrogens is 268 g/mol. The van der Waals surface area contributed by atoms with Crippen molar-refractivity contribution in [3.8, 4) is 0 Å². The van der Waals surface area contributed by atoms with E-state index in [0.29, 0.717) is 12.1 Å². The number of nitrogens with zero attached hydrogens (tertiary/aromatic N) is 1. The summed E-state index contributed by atoms with van der Waals surface area (Å²) >= 11 is 0. The van der Waals surface area contributed by atoms with Crippen LogP contribution in [0, 0.1) is 0 Å². The predicted molar refractivity (Wildman–Crippen MR) is 71.4 cm³/mol. The number of rotatable bonds is 4. The van der Waals surface area contributed by atoms with E-state index in [4.69, 9.17) is 5.11 Å². The molecular formula is C12H22N2O4S. The van der Waals surface area contributed by atoms with E-state index in [-0.39, 0.29) is 6.04 Å². The topological polar surface area (TPSA) is 86.7 Å². The highest BCUT2D eigenvalue weighted by atomic mass is 32.2. The molecule has 2 aliphatic rings. The van der Waals surface area contributed by atoms with Crippen molar-refractivity contribution in [1.29, 1.82) is 0 Å². The van der Waals surface area contributed by atoms with Gasteiger partial charge in [-0.05, 0) is 39.7 Å². The van der Waals surface area contributed by atoms with Crippen LogP contribution in [-0.2, 0) is 14.8 Å². The van der Waals surface area contributed by atoms with Crippen LogP contribution in [0.4, 0.5) is 0 Å². The van der Waals surface area contributed by atoms with E-state index in [1.807, 2.05) is 0 Å². The van der Waals surface area contributed by atoms with Gasteiger partial charge in [-0.2, -0.15) is 0 Å². The second kappa shape index (κ2) is 5.38. The molecule has 2 rings (SSSR count). The minimum atomic E-state index is -3.78. The molecule has 3 atom stereocenters. The van der Waals surface area contributed by atoms with Gasteiger partial charge in [-0.15, -0.1) is 0 Å². The van der Waals surface area contributed by atoms with Gasteiger partial charge in [0.1, 0.15) is 0 Å². The van der Waals surface area contributed by atoms with Gasteiger partial charge in [-0.1, -0.05) is 6.42 Å². The number of hydrogen-bond acceptors (Lipinski definition) is 4. The van der Waals surface area contributed by atoms with Crippen molar-refractivity contribution in [3.05, 3.63) is 0 Å². The maximum atomic E-state index is 11.9. The van der Waals surface area contributed by atoms with Crippen LogP contribution in [0.25, 0.3) is 0 Å². The Balaban J connectivity index is 2.03. The number of nitrogens with one attached hydrogen (secondary N) is 1. The zero-order valence-electron chi connectivity index (χ0n) is 11.4. The van der Waals surface area contributed by atoms with Crippen molar-refractivity contribution in [1.82, 2.24) is 9.62 Å². The van der Waals surface area contributed by atoms with Gasteiger partial charge in [0.2, 0.25) is 10.0 Å². The fourth-order valence-electron chi connectivity index (χ4n) is 3.18. The molecule has 6 nitrogen and oxygen atoms in total. The molecule has 110 valence electrons. The van der Waals surface area contributed by atoms with E-state index in [9.17, 15) is 13.2 Å². The lowest BCUT2D eigenvalue weighted by molar-refractivity contribution is -0.136. The SMILES string of the molecule is CC(C(=O)O)S(=O)(=O)NC1CC2CCCC(C1)N2C. The average molecular weight is 290 g/mol. The number of sulfonamides is 1. The third-order valence-corrected chi connectivity index (χ3v) is 6.28. The minimum absolute atomic E-state index is 0.127. The summed E-state index contributed by atoms with van der Waals surface area (Å²) in [5, 5.41) is 7.43. The van der Waals surface area contributed by atoms with Crippen LogP contribution in [0.15, 0.2) is 0 Å².